The van der Waals surface area contributed by atoms with Gasteiger partial charge in [0, 0.05) is 57.9 Å². The van der Waals surface area contributed by atoms with E-state index < -0.39 is 0 Å². The number of benzene rings is 2. The topological polar surface area (TPSA) is 94.4 Å². The Morgan fingerprint density at radius 3 is 2.25 bits per heavy atom. The Hall–Kier alpha value is -3.20. The summed E-state index contributed by atoms with van der Waals surface area (Å²) in [5.74, 6) is 1.97. The number of anilines is 3. The summed E-state index contributed by atoms with van der Waals surface area (Å²) in [5, 5.41) is 10.7. The number of aromatic nitrogens is 2. The van der Waals surface area contributed by atoms with Crippen LogP contribution in [0.3, 0.4) is 0 Å². The van der Waals surface area contributed by atoms with Gasteiger partial charge in [0.1, 0.15) is 11.6 Å². The molecule has 0 atom stereocenters. The van der Waals surface area contributed by atoms with Crippen molar-refractivity contribution in [3.05, 3.63) is 77.4 Å². The number of piperazine rings is 1. The zero-order valence-electron chi connectivity index (χ0n) is 23.8. The normalized spacial score (nSPS) is 16.8. The van der Waals surface area contributed by atoms with Crippen LogP contribution in [0, 0.1) is 0 Å². The Kier molecular flexibility index (Phi) is 10.6. The summed E-state index contributed by atoms with van der Waals surface area (Å²) in [6, 6.07) is 22.0. The average molecular weight is 543 g/mol. The standard InChI is InChI=1S/C32H46N8/c33-30-22-31(40-20-18-39(19-21-40)25-28-8-3-1-4-9-28)38-32(37-30)36-24-27-14-12-26(13-15-27)23-34-16-7-17-35-29-10-5-2-6-11-29/h1,3-4,8-9,12-15,22,29,34-35H,2,5-7,10-11,16-21,23-25H2,(H3,33,36,37,38). The van der Waals surface area contributed by atoms with E-state index in [1.54, 1.807) is 0 Å². The lowest BCUT2D eigenvalue weighted by Crippen LogP contribution is -2.46. The molecule has 2 aliphatic rings. The van der Waals surface area contributed by atoms with E-state index in [0.29, 0.717) is 18.3 Å². The summed E-state index contributed by atoms with van der Waals surface area (Å²) in [5.41, 5.74) is 10.0. The summed E-state index contributed by atoms with van der Waals surface area (Å²) in [7, 11) is 0. The quantitative estimate of drug-likeness (QED) is 0.236. The summed E-state index contributed by atoms with van der Waals surface area (Å²) < 4.78 is 0. The molecule has 214 valence electrons. The zero-order chi connectivity index (χ0) is 27.4. The van der Waals surface area contributed by atoms with E-state index in [4.69, 9.17) is 10.7 Å². The van der Waals surface area contributed by atoms with E-state index in [1.807, 2.05) is 6.07 Å². The van der Waals surface area contributed by atoms with Crippen LogP contribution >= 0.6 is 0 Å². The third-order valence-corrected chi connectivity index (χ3v) is 8.05. The Morgan fingerprint density at radius 1 is 0.775 bits per heavy atom. The SMILES string of the molecule is Nc1cc(N2CCN(Cc3ccccc3)CC2)nc(NCc2ccc(CNCCCNC3CCCCC3)cc2)n1. The fourth-order valence-electron chi connectivity index (χ4n) is 5.69. The Bertz CT molecular complexity index is 1140. The monoisotopic (exact) mass is 542 g/mol. The lowest BCUT2D eigenvalue weighted by Gasteiger charge is -2.35. The van der Waals surface area contributed by atoms with Gasteiger partial charge < -0.3 is 26.6 Å². The first kappa shape index (κ1) is 28.3. The maximum absolute atomic E-state index is 6.16. The molecule has 2 heterocycles. The van der Waals surface area contributed by atoms with Crippen molar-refractivity contribution in [3.8, 4) is 0 Å². The van der Waals surface area contributed by atoms with Gasteiger partial charge in [-0.05, 0) is 49.0 Å². The van der Waals surface area contributed by atoms with Crippen molar-refractivity contribution >= 4 is 17.6 Å². The summed E-state index contributed by atoms with van der Waals surface area (Å²) >= 11 is 0. The molecule has 1 saturated carbocycles. The smallest absolute Gasteiger partial charge is 0.226 e. The predicted octanol–water partition coefficient (Wildman–Crippen LogP) is 4.40. The first-order valence-electron chi connectivity index (χ1n) is 15.1. The minimum absolute atomic E-state index is 0.495. The zero-order valence-corrected chi connectivity index (χ0v) is 23.8. The molecule has 1 aromatic heterocycles. The molecule has 5 N–H and O–H groups in total. The number of rotatable bonds is 13. The minimum Gasteiger partial charge on any atom is -0.383 e. The number of nitrogens with one attached hydrogen (secondary N) is 3. The molecule has 0 amide bonds. The summed E-state index contributed by atoms with van der Waals surface area (Å²) in [4.78, 5) is 14.0. The van der Waals surface area contributed by atoms with Crippen LogP contribution in [0.1, 0.15) is 55.2 Å². The molecule has 0 bridgehead atoms. The van der Waals surface area contributed by atoms with E-state index in [0.717, 1.165) is 64.2 Å². The van der Waals surface area contributed by atoms with Gasteiger partial charge in [0.25, 0.3) is 0 Å². The highest BCUT2D eigenvalue weighted by molar-refractivity contribution is 5.52. The Balaban J connectivity index is 1.02. The first-order valence-corrected chi connectivity index (χ1v) is 15.1. The van der Waals surface area contributed by atoms with Gasteiger partial charge in [-0.2, -0.15) is 9.97 Å². The van der Waals surface area contributed by atoms with Gasteiger partial charge in [-0.1, -0.05) is 73.9 Å². The van der Waals surface area contributed by atoms with E-state index in [-0.39, 0.29) is 0 Å². The first-order chi connectivity index (χ1) is 19.7. The number of nitrogen functional groups attached to an aromatic ring is 1. The summed E-state index contributed by atoms with van der Waals surface area (Å²) in [6.07, 6.45) is 8.08. The van der Waals surface area contributed by atoms with E-state index in [1.165, 1.54) is 55.2 Å². The van der Waals surface area contributed by atoms with Crippen LogP contribution in [0.2, 0.25) is 0 Å². The average Bonchev–Trinajstić information content (AvgIpc) is 3.00. The van der Waals surface area contributed by atoms with E-state index >= 15 is 0 Å². The van der Waals surface area contributed by atoms with Crippen molar-refractivity contribution in [1.29, 1.82) is 0 Å². The van der Waals surface area contributed by atoms with E-state index in [2.05, 4.69) is 85.3 Å². The van der Waals surface area contributed by atoms with Crippen LogP contribution in [0.5, 0.6) is 0 Å². The molecule has 40 heavy (non-hydrogen) atoms. The molecule has 0 radical (unpaired) electrons. The molecule has 8 nitrogen and oxygen atoms in total. The highest BCUT2D eigenvalue weighted by atomic mass is 15.3. The molecule has 3 aromatic rings. The molecule has 5 rings (SSSR count). The molecule has 1 aliphatic heterocycles. The molecule has 0 unspecified atom stereocenters. The van der Waals surface area contributed by atoms with Crippen molar-refractivity contribution in [3.63, 3.8) is 0 Å². The molecule has 1 saturated heterocycles. The predicted molar refractivity (Wildman–Crippen MR) is 165 cm³/mol. The van der Waals surface area contributed by atoms with Gasteiger partial charge in [0.05, 0.1) is 0 Å². The third-order valence-electron chi connectivity index (χ3n) is 8.05. The Labute approximate surface area is 239 Å². The fourth-order valence-corrected chi connectivity index (χ4v) is 5.69. The second-order valence-electron chi connectivity index (χ2n) is 11.2. The van der Waals surface area contributed by atoms with Crippen molar-refractivity contribution in [2.24, 2.45) is 0 Å². The molecular formula is C32H46N8. The third kappa shape index (κ3) is 8.91. The van der Waals surface area contributed by atoms with Gasteiger partial charge in [-0.3, -0.25) is 4.90 Å². The molecule has 2 fully saturated rings. The second kappa shape index (κ2) is 15.0. The van der Waals surface area contributed by atoms with Gasteiger partial charge >= 0.3 is 0 Å². The van der Waals surface area contributed by atoms with Crippen molar-refractivity contribution in [2.75, 3.05) is 55.2 Å². The highest BCUT2D eigenvalue weighted by Gasteiger charge is 2.19. The second-order valence-corrected chi connectivity index (χ2v) is 11.2. The highest BCUT2D eigenvalue weighted by Crippen LogP contribution is 2.20. The van der Waals surface area contributed by atoms with Crippen LogP contribution in [-0.4, -0.2) is 60.2 Å². The maximum atomic E-state index is 6.16. The van der Waals surface area contributed by atoms with Crippen LogP contribution < -0.4 is 26.6 Å². The van der Waals surface area contributed by atoms with Crippen molar-refractivity contribution in [2.45, 2.75) is 64.2 Å². The fraction of sp³-hybridized carbons (Fsp3) is 0.500. The molecule has 1 aliphatic carbocycles. The maximum Gasteiger partial charge on any atom is 0.226 e. The minimum atomic E-state index is 0.495. The van der Waals surface area contributed by atoms with E-state index in [9.17, 15) is 0 Å². The van der Waals surface area contributed by atoms with Gasteiger partial charge in [0.2, 0.25) is 5.95 Å². The summed E-state index contributed by atoms with van der Waals surface area (Å²) in [6.45, 7) is 8.55. The molecule has 2 aromatic carbocycles. The Morgan fingerprint density at radius 2 is 1.50 bits per heavy atom. The largest absolute Gasteiger partial charge is 0.383 e. The van der Waals surface area contributed by atoms with Crippen LogP contribution in [-0.2, 0) is 19.6 Å². The lowest BCUT2D eigenvalue weighted by atomic mass is 9.95. The van der Waals surface area contributed by atoms with Crippen LogP contribution in [0.4, 0.5) is 17.6 Å². The molecular weight excluding hydrogens is 496 g/mol. The van der Waals surface area contributed by atoms with Crippen LogP contribution in [0.15, 0.2) is 60.7 Å². The number of hydrogen-bond donors (Lipinski definition) is 4. The molecule has 8 heteroatoms. The number of hydrogen-bond acceptors (Lipinski definition) is 8. The van der Waals surface area contributed by atoms with Crippen molar-refractivity contribution in [1.82, 2.24) is 25.5 Å². The van der Waals surface area contributed by atoms with Gasteiger partial charge in [-0.15, -0.1) is 0 Å². The van der Waals surface area contributed by atoms with Crippen LogP contribution in [0.25, 0.3) is 0 Å². The molecule has 0 spiro atoms. The number of nitrogens with zero attached hydrogens (tertiary/aromatic N) is 4. The van der Waals surface area contributed by atoms with Gasteiger partial charge in [0.15, 0.2) is 0 Å². The lowest BCUT2D eigenvalue weighted by molar-refractivity contribution is 0.249. The van der Waals surface area contributed by atoms with Gasteiger partial charge in [-0.25, -0.2) is 0 Å². The van der Waals surface area contributed by atoms with Crippen molar-refractivity contribution < 1.29 is 0 Å². The number of nitrogens with two attached hydrogens (primary N) is 1.